The lowest BCUT2D eigenvalue weighted by atomic mass is 10.2. The molecule has 16 heavy (non-hydrogen) atoms. The summed E-state index contributed by atoms with van der Waals surface area (Å²) in [5, 5.41) is 0. The van der Waals surface area contributed by atoms with Crippen LogP contribution >= 0.6 is 0 Å². The Bertz CT molecular complexity index is 227. The normalized spacial score (nSPS) is 13.4. The molecule has 0 bridgehead atoms. The Morgan fingerprint density at radius 3 is 2.38 bits per heavy atom. The van der Waals surface area contributed by atoms with E-state index in [9.17, 15) is 4.79 Å². The largest absolute Gasteiger partial charge is 0.460 e. The van der Waals surface area contributed by atoms with E-state index in [1.807, 2.05) is 0 Å². The van der Waals surface area contributed by atoms with Crippen molar-refractivity contribution in [3.63, 3.8) is 0 Å². The van der Waals surface area contributed by atoms with Crippen LogP contribution in [0.5, 0.6) is 0 Å². The second-order valence-corrected chi connectivity index (χ2v) is 4.96. The van der Waals surface area contributed by atoms with E-state index in [0.29, 0.717) is 16.7 Å². The van der Waals surface area contributed by atoms with Crippen LogP contribution in [0.1, 0.15) is 6.42 Å². The van der Waals surface area contributed by atoms with Crippen molar-refractivity contribution in [2.45, 2.75) is 17.9 Å². The Morgan fingerprint density at radius 2 is 2.00 bits per heavy atom. The van der Waals surface area contributed by atoms with E-state index in [1.165, 1.54) is 0 Å². The summed E-state index contributed by atoms with van der Waals surface area (Å²) in [6, 6.07) is 0. The number of carbonyl (C=O) groups is 1. The Hall–Kier alpha value is -0.693. The lowest BCUT2D eigenvalue weighted by Gasteiger charge is -2.30. The average molecular weight is 248 g/mol. The second-order valence-electron chi connectivity index (χ2n) is 3.44. The molecule has 0 aromatic heterocycles. The van der Waals surface area contributed by atoms with Crippen LogP contribution in [0.2, 0.25) is 0 Å². The molecule has 5 nitrogen and oxygen atoms in total. The van der Waals surface area contributed by atoms with Gasteiger partial charge in [-0.1, -0.05) is 6.58 Å². The van der Waals surface area contributed by atoms with Crippen molar-refractivity contribution < 1.29 is 23.7 Å². The Labute approximate surface area is 99.1 Å². The Morgan fingerprint density at radius 1 is 1.44 bits per heavy atom. The van der Waals surface area contributed by atoms with E-state index in [0.717, 1.165) is 6.08 Å². The maximum atomic E-state index is 10.9. The fourth-order valence-electron chi connectivity index (χ4n) is 1.11. The topological polar surface area (TPSA) is 54.0 Å². The molecule has 0 spiro atoms. The molecule has 0 fully saturated rings. The van der Waals surface area contributed by atoms with Crippen LogP contribution in [0, 0.1) is 0 Å². The third-order valence-electron chi connectivity index (χ3n) is 2.37. The van der Waals surface area contributed by atoms with Crippen molar-refractivity contribution in [1.82, 2.24) is 0 Å². The number of methoxy groups -OCH3 is 3. The maximum Gasteiger partial charge on any atom is 0.330 e. The molecular formula is C10H20O5Si. The summed E-state index contributed by atoms with van der Waals surface area (Å²) in [4.78, 5) is 10.9. The molecule has 0 aromatic rings. The molecule has 0 aromatic carbocycles. The van der Waals surface area contributed by atoms with Gasteiger partial charge in [0.25, 0.3) is 0 Å². The molecule has 0 aliphatic heterocycles. The van der Waals surface area contributed by atoms with E-state index < -0.39 is 11.4 Å². The summed E-state index contributed by atoms with van der Waals surface area (Å²) in [5.41, 5.74) is -0.610. The zero-order chi connectivity index (χ0) is 12.6. The fraction of sp³-hybridized carbons (Fsp3) is 0.700. The standard InChI is InChI=1S/C10H20O5Si/c1-5-9(11)15-7-8(12-2)6-10(16,13-3)14-4/h5,8H,1,6-7H2,2-4,16H3. The SMILES string of the molecule is C=CC(=O)OCC(CC([SiH3])(OC)OC)OC. The van der Waals surface area contributed by atoms with E-state index in [1.54, 1.807) is 21.3 Å². The first-order valence-corrected chi connectivity index (χ1v) is 5.93. The minimum Gasteiger partial charge on any atom is -0.460 e. The van der Waals surface area contributed by atoms with Crippen molar-refractivity contribution in [3.8, 4) is 0 Å². The number of hydrogen-bond acceptors (Lipinski definition) is 5. The van der Waals surface area contributed by atoms with Gasteiger partial charge in [-0.3, -0.25) is 0 Å². The summed E-state index contributed by atoms with van der Waals surface area (Å²) < 4.78 is 20.6. The van der Waals surface area contributed by atoms with Gasteiger partial charge < -0.3 is 18.9 Å². The number of esters is 1. The molecule has 0 heterocycles. The van der Waals surface area contributed by atoms with Crippen LogP contribution in [-0.4, -0.2) is 55.7 Å². The molecule has 0 saturated heterocycles. The summed E-state index contributed by atoms with van der Waals surface area (Å²) in [6.07, 6.45) is 1.39. The van der Waals surface area contributed by atoms with Gasteiger partial charge in [0, 0.05) is 33.8 Å². The van der Waals surface area contributed by atoms with Crippen LogP contribution in [0.25, 0.3) is 0 Å². The molecule has 0 N–H and O–H groups in total. The van der Waals surface area contributed by atoms with Gasteiger partial charge in [-0.05, 0) is 0 Å². The zero-order valence-corrected chi connectivity index (χ0v) is 12.3. The van der Waals surface area contributed by atoms with Crippen LogP contribution in [0.3, 0.4) is 0 Å². The van der Waals surface area contributed by atoms with Gasteiger partial charge in [0.05, 0.1) is 16.3 Å². The monoisotopic (exact) mass is 248 g/mol. The molecule has 0 rings (SSSR count). The quantitative estimate of drug-likeness (QED) is 0.249. The zero-order valence-electron chi connectivity index (χ0n) is 10.3. The molecule has 0 aliphatic rings. The van der Waals surface area contributed by atoms with Gasteiger partial charge in [-0.15, -0.1) is 0 Å². The molecule has 1 unspecified atom stereocenters. The van der Waals surface area contributed by atoms with Crippen molar-refractivity contribution in [1.29, 1.82) is 0 Å². The number of hydrogen-bond donors (Lipinski definition) is 0. The highest BCUT2D eigenvalue weighted by atomic mass is 28.1. The lowest BCUT2D eigenvalue weighted by molar-refractivity contribution is -0.171. The number of ether oxygens (including phenoxy) is 4. The first kappa shape index (κ1) is 15.3. The van der Waals surface area contributed by atoms with Gasteiger partial charge >= 0.3 is 5.97 Å². The average Bonchev–Trinajstić information content (AvgIpc) is 2.33. The maximum absolute atomic E-state index is 10.9. The molecule has 0 radical (unpaired) electrons. The molecule has 1 atom stereocenters. The van der Waals surface area contributed by atoms with E-state index in [2.05, 4.69) is 6.58 Å². The van der Waals surface area contributed by atoms with Crippen molar-refractivity contribution >= 4 is 16.2 Å². The molecular weight excluding hydrogens is 228 g/mol. The van der Waals surface area contributed by atoms with Crippen LogP contribution in [0.15, 0.2) is 12.7 Å². The predicted octanol–water partition coefficient (Wildman–Crippen LogP) is -0.567. The third-order valence-corrected chi connectivity index (χ3v) is 3.60. The van der Waals surface area contributed by atoms with Gasteiger partial charge in [-0.2, -0.15) is 0 Å². The molecule has 0 saturated carbocycles. The highest BCUT2D eigenvalue weighted by molar-refractivity contribution is 6.13. The lowest BCUT2D eigenvalue weighted by Crippen LogP contribution is -2.40. The minimum absolute atomic E-state index is 0.165. The summed E-state index contributed by atoms with van der Waals surface area (Å²) in [6.45, 7) is 3.48. The van der Waals surface area contributed by atoms with E-state index >= 15 is 0 Å². The van der Waals surface area contributed by atoms with Crippen LogP contribution < -0.4 is 0 Å². The first-order valence-electron chi connectivity index (χ1n) is 4.93. The predicted molar refractivity (Wildman–Crippen MR) is 63.3 cm³/mol. The molecule has 6 heteroatoms. The molecule has 0 amide bonds. The van der Waals surface area contributed by atoms with Gasteiger partial charge in [0.1, 0.15) is 12.0 Å². The van der Waals surface area contributed by atoms with Crippen molar-refractivity contribution in [3.05, 3.63) is 12.7 Å². The van der Waals surface area contributed by atoms with Crippen molar-refractivity contribution in [2.75, 3.05) is 27.9 Å². The smallest absolute Gasteiger partial charge is 0.330 e. The van der Waals surface area contributed by atoms with Crippen LogP contribution in [0.4, 0.5) is 0 Å². The van der Waals surface area contributed by atoms with Gasteiger partial charge in [0.15, 0.2) is 0 Å². The highest BCUT2D eigenvalue weighted by Gasteiger charge is 2.27. The number of carbonyl (C=O) groups excluding carboxylic acids is 1. The van der Waals surface area contributed by atoms with E-state index in [4.69, 9.17) is 18.9 Å². The molecule has 94 valence electrons. The summed E-state index contributed by atoms with van der Waals surface area (Å²) in [7, 11) is 5.41. The highest BCUT2D eigenvalue weighted by Crippen LogP contribution is 2.16. The van der Waals surface area contributed by atoms with Gasteiger partial charge in [0.2, 0.25) is 0 Å². The van der Waals surface area contributed by atoms with E-state index in [-0.39, 0.29) is 12.7 Å². The van der Waals surface area contributed by atoms with Crippen LogP contribution in [-0.2, 0) is 23.7 Å². The summed E-state index contributed by atoms with van der Waals surface area (Å²) >= 11 is 0. The fourth-order valence-corrected chi connectivity index (χ4v) is 1.56. The summed E-state index contributed by atoms with van der Waals surface area (Å²) in [5.74, 6) is -0.462. The third kappa shape index (κ3) is 5.41. The molecule has 0 aliphatic carbocycles. The second kappa shape index (κ2) is 7.56. The Balaban J connectivity index is 4.18. The van der Waals surface area contributed by atoms with Gasteiger partial charge in [-0.25, -0.2) is 4.79 Å². The number of rotatable bonds is 8. The Kier molecular flexibility index (Phi) is 7.23. The van der Waals surface area contributed by atoms with Crippen molar-refractivity contribution in [2.24, 2.45) is 0 Å². The minimum atomic E-state index is -0.610. The first-order chi connectivity index (χ1) is 7.51.